The third-order valence-corrected chi connectivity index (χ3v) is 5.37. The summed E-state index contributed by atoms with van der Waals surface area (Å²) in [5.41, 5.74) is 4.48. The van der Waals surface area contributed by atoms with Gasteiger partial charge in [0.1, 0.15) is 5.75 Å². The molecule has 3 aromatic rings. The molecule has 0 aliphatic rings. The molecule has 1 N–H and O–H groups in total. The Morgan fingerprint density at radius 1 is 0.938 bits per heavy atom. The zero-order valence-corrected chi connectivity index (χ0v) is 19.1. The van der Waals surface area contributed by atoms with Crippen molar-refractivity contribution in [1.82, 2.24) is 4.90 Å². The molecule has 5 heteroatoms. The maximum Gasteiger partial charge on any atom is 0.255 e. The zero-order chi connectivity index (χ0) is 23.1. The Labute approximate surface area is 190 Å². The van der Waals surface area contributed by atoms with Crippen molar-refractivity contribution in [3.05, 3.63) is 83.4 Å². The SMILES string of the molecule is COc1ccc(C(=O)Nc2ccccc2-c2ccccc2C(C)=O)cc1CCCN(C)C. The predicted molar refractivity (Wildman–Crippen MR) is 130 cm³/mol. The topological polar surface area (TPSA) is 58.6 Å². The second-order valence-electron chi connectivity index (χ2n) is 8.03. The molecule has 0 saturated heterocycles. The first-order chi connectivity index (χ1) is 15.4. The van der Waals surface area contributed by atoms with Gasteiger partial charge in [0.2, 0.25) is 0 Å². The average molecular weight is 431 g/mol. The quantitative estimate of drug-likeness (QED) is 0.467. The van der Waals surface area contributed by atoms with Crippen molar-refractivity contribution in [1.29, 1.82) is 0 Å². The van der Waals surface area contributed by atoms with Crippen LogP contribution < -0.4 is 10.1 Å². The molecule has 0 heterocycles. The van der Waals surface area contributed by atoms with E-state index in [9.17, 15) is 9.59 Å². The van der Waals surface area contributed by atoms with Crippen molar-refractivity contribution >= 4 is 17.4 Å². The lowest BCUT2D eigenvalue weighted by Crippen LogP contribution is -2.15. The summed E-state index contributed by atoms with van der Waals surface area (Å²) in [6, 6.07) is 20.5. The van der Waals surface area contributed by atoms with Crippen LogP contribution in [0.3, 0.4) is 0 Å². The summed E-state index contributed by atoms with van der Waals surface area (Å²) in [5, 5.41) is 3.03. The number of rotatable bonds is 9. The van der Waals surface area contributed by atoms with Gasteiger partial charge in [-0.15, -0.1) is 0 Å². The molecule has 1 amide bonds. The molecule has 0 bridgehead atoms. The Morgan fingerprint density at radius 2 is 1.62 bits per heavy atom. The van der Waals surface area contributed by atoms with Gasteiger partial charge in [0.15, 0.2) is 5.78 Å². The Hall–Kier alpha value is -3.44. The summed E-state index contributed by atoms with van der Waals surface area (Å²) >= 11 is 0. The summed E-state index contributed by atoms with van der Waals surface area (Å²) in [6.07, 6.45) is 1.80. The van der Waals surface area contributed by atoms with Gasteiger partial charge in [-0.05, 0) is 75.8 Å². The number of aryl methyl sites for hydroxylation is 1. The van der Waals surface area contributed by atoms with Gasteiger partial charge in [0.25, 0.3) is 5.91 Å². The Bertz CT molecular complexity index is 1110. The van der Waals surface area contributed by atoms with Gasteiger partial charge in [-0.2, -0.15) is 0 Å². The molecule has 3 rings (SSSR count). The highest BCUT2D eigenvalue weighted by molar-refractivity contribution is 6.08. The molecule has 3 aromatic carbocycles. The van der Waals surface area contributed by atoms with Gasteiger partial charge in [0, 0.05) is 22.4 Å². The number of hydrogen-bond acceptors (Lipinski definition) is 4. The smallest absolute Gasteiger partial charge is 0.255 e. The van der Waals surface area contributed by atoms with Crippen molar-refractivity contribution in [2.24, 2.45) is 0 Å². The van der Waals surface area contributed by atoms with Gasteiger partial charge in [0.05, 0.1) is 7.11 Å². The van der Waals surface area contributed by atoms with E-state index in [2.05, 4.69) is 10.2 Å². The van der Waals surface area contributed by atoms with Crippen LogP contribution in [-0.4, -0.2) is 44.3 Å². The number of carbonyl (C=O) groups is 2. The van der Waals surface area contributed by atoms with E-state index in [0.717, 1.165) is 41.8 Å². The minimum atomic E-state index is -0.200. The standard InChI is InChI=1S/C27H30N2O3/c1-19(30)22-11-5-6-12-23(22)24-13-7-8-14-25(24)28-27(31)21-15-16-26(32-4)20(18-21)10-9-17-29(2)3/h5-8,11-16,18H,9-10,17H2,1-4H3,(H,28,31). The Balaban J connectivity index is 1.88. The summed E-state index contributed by atoms with van der Waals surface area (Å²) in [5.74, 6) is 0.574. The van der Waals surface area contributed by atoms with Crippen LogP contribution >= 0.6 is 0 Å². The second-order valence-corrected chi connectivity index (χ2v) is 8.03. The van der Waals surface area contributed by atoms with Crippen molar-refractivity contribution in [3.8, 4) is 16.9 Å². The summed E-state index contributed by atoms with van der Waals surface area (Å²) < 4.78 is 5.49. The maximum atomic E-state index is 13.1. The van der Waals surface area contributed by atoms with Gasteiger partial charge < -0.3 is 15.0 Å². The third kappa shape index (κ3) is 5.62. The molecule has 0 saturated carbocycles. The van der Waals surface area contributed by atoms with E-state index >= 15 is 0 Å². The van der Waals surface area contributed by atoms with E-state index in [1.807, 2.05) is 68.7 Å². The molecule has 5 nitrogen and oxygen atoms in total. The van der Waals surface area contributed by atoms with E-state index in [-0.39, 0.29) is 11.7 Å². The maximum absolute atomic E-state index is 13.1. The molecule has 0 unspecified atom stereocenters. The van der Waals surface area contributed by atoms with Crippen LogP contribution in [0.2, 0.25) is 0 Å². The first-order valence-electron chi connectivity index (χ1n) is 10.7. The third-order valence-electron chi connectivity index (χ3n) is 5.37. The minimum Gasteiger partial charge on any atom is -0.496 e. The number of ketones is 1. The van der Waals surface area contributed by atoms with Crippen LogP contribution in [0.5, 0.6) is 5.75 Å². The van der Waals surface area contributed by atoms with Crippen LogP contribution in [0.4, 0.5) is 5.69 Å². The fourth-order valence-electron chi connectivity index (χ4n) is 3.75. The molecule has 0 aromatic heterocycles. The number of ether oxygens (including phenoxy) is 1. The van der Waals surface area contributed by atoms with Crippen molar-refractivity contribution in [2.75, 3.05) is 33.1 Å². The highest BCUT2D eigenvalue weighted by Gasteiger charge is 2.15. The summed E-state index contributed by atoms with van der Waals surface area (Å²) in [7, 11) is 5.73. The molecule has 32 heavy (non-hydrogen) atoms. The monoisotopic (exact) mass is 430 g/mol. The van der Waals surface area contributed by atoms with E-state index in [1.165, 1.54) is 0 Å². The number of nitrogens with one attached hydrogen (secondary N) is 1. The molecule has 0 aliphatic heterocycles. The van der Waals surface area contributed by atoms with E-state index in [0.29, 0.717) is 16.8 Å². The average Bonchev–Trinajstić information content (AvgIpc) is 2.79. The van der Waals surface area contributed by atoms with E-state index in [1.54, 1.807) is 26.2 Å². The summed E-state index contributed by atoms with van der Waals surface area (Å²) in [6.45, 7) is 2.51. The molecule has 0 radical (unpaired) electrons. The number of anilines is 1. The molecule has 166 valence electrons. The molecule has 0 atom stereocenters. The van der Waals surface area contributed by atoms with Gasteiger partial charge in [-0.25, -0.2) is 0 Å². The van der Waals surface area contributed by atoms with E-state index < -0.39 is 0 Å². The number of para-hydroxylation sites is 1. The molecule has 0 spiro atoms. The van der Waals surface area contributed by atoms with Crippen molar-refractivity contribution in [3.63, 3.8) is 0 Å². The zero-order valence-electron chi connectivity index (χ0n) is 19.1. The van der Waals surface area contributed by atoms with Crippen LogP contribution in [0.25, 0.3) is 11.1 Å². The fourth-order valence-corrected chi connectivity index (χ4v) is 3.75. The van der Waals surface area contributed by atoms with Crippen LogP contribution in [-0.2, 0) is 6.42 Å². The molecule has 0 aliphatic carbocycles. The molecule has 0 fully saturated rings. The second kappa shape index (κ2) is 10.7. The van der Waals surface area contributed by atoms with Crippen LogP contribution in [0, 0.1) is 0 Å². The largest absolute Gasteiger partial charge is 0.496 e. The number of Topliss-reactive ketones (excluding diaryl/α,β-unsaturated/α-hetero) is 1. The Kier molecular flexibility index (Phi) is 7.79. The predicted octanol–water partition coefficient (Wildman–Crippen LogP) is 5.31. The first kappa shape index (κ1) is 23.2. The number of amides is 1. The van der Waals surface area contributed by atoms with Crippen molar-refractivity contribution < 1.29 is 14.3 Å². The molecular formula is C27H30N2O3. The van der Waals surface area contributed by atoms with Gasteiger partial charge >= 0.3 is 0 Å². The van der Waals surface area contributed by atoms with Crippen LogP contribution in [0.1, 0.15) is 39.6 Å². The van der Waals surface area contributed by atoms with Gasteiger partial charge in [-0.3, -0.25) is 9.59 Å². The van der Waals surface area contributed by atoms with Crippen LogP contribution in [0.15, 0.2) is 66.7 Å². The van der Waals surface area contributed by atoms with E-state index in [4.69, 9.17) is 4.74 Å². The van der Waals surface area contributed by atoms with Gasteiger partial charge in [-0.1, -0.05) is 42.5 Å². The number of nitrogens with zero attached hydrogens (tertiary/aromatic N) is 1. The number of benzene rings is 3. The lowest BCUT2D eigenvalue weighted by atomic mass is 9.96. The summed E-state index contributed by atoms with van der Waals surface area (Å²) in [4.78, 5) is 27.4. The number of methoxy groups -OCH3 is 1. The lowest BCUT2D eigenvalue weighted by molar-refractivity contribution is 0.101. The molecular weight excluding hydrogens is 400 g/mol. The minimum absolute atomic E-state index is 0.0146. The number of carbonyl (C=O) groups excluding carboxylic acids is 2. The highest BCUT2D eigenvalue weighted by atomic mass is 16.5. The Morgan fingerprint density at radius 3 is 2.31 bits per heavy atom. The normalized spacial score (nSPS) is 10.8. The fraction of sp³-hybridized carbons (Fsp3) is 0.259. The van der Waals surface area contributed by atoms with Crippen molar-refractivity contribution in [2.45, 2.75) is 19.8 Å². The number of hydrogen-bond donors (Lipinski definition) is 1. The highest BCUT2D eigenvalue weighted by Crippen LogP contribution is 2.31. The lowest BCUT2D eigenvalue weighted by Gasteiger charge is -2.15. The first-order valence-corrected chi connectivity index (χ1v) is 10.7.